The second-order valence-corrected chi connectivity index (χ2v) is 5.22. The molecule has 2 atom stereocenters. The van der Waals surface area contributed by atoms with Gasteiger partial charge in [-0.2, -0.15) is 0 Å². The lowest BCUT2D eigenvalue weighted by atomic mass is 10.0. The van der Waals surface area contributed by atoms with E-state index in [1.807, 2.05) is 0 Å². The lowest BCUT2D eigenvalue weighted by Crippen LogP contribution is -2.55. The summed E-state index contributed by atoms with van der Waals surface area (Å²) in [5.74, 6) is -1.46. The molecule has 0 aromatic heterocycles. The van der Waals surface area contributed by atoms with Crippen molar-refractivity contribution in [1.29, 1.82) is 0 Å². The molecule has 0 spiro atoms. The fourth-order valence-corrected chi connectivity index (χ4v) is 2.69. The van der Waals surface area contributed by atoms with E-state index in [0.717, 1.165) is 25.9 Å². The fourth-order valence-electron chi connectivity index (χ4n) is 2.69. The van der Waals surface area contributed by atoms with Crippen molar-refractivity contribution >= 4 is 0 Å². The number of benzene rings is 1. The number of nitrogens with zero attached hydrogens (tertiary/aromatic N) is 1. The minimum Gasteiger partial charge on any atom is -0.311 e. The standard InChI is InChI=1S/C15H22F2N2/c1-3-12-10-19(13(4-2)8-18-12)9-11-6-5-7-14(16)15(11)17/h5-7,12-13,18H,3-4,8-10H2,1-2H3. The van der Waals surface area contributed by atoms with Crippen molar-refractivity contribution in [3.63, 3.8) is 0 Å². The molecular weight excluding hydrogens is 246 g/mol. The third-order valence-corrected chi connectivity index (χ3v) is 3.98. The molecule has 1 heterocycles. The van der Waals surface area contributed by atoms with Crippen molar-refractivity contribution < 1.29 is 8.78 Å². The summed E-state index contributed by atoms with van der Waals surface area (Å²) in [7, 11) is 0. The molecule has 0 aliphatic carbocycles. The summed E-state index contributed by atoms with van der Waals surface area (Å²) >= 11 is 0. The van der Waals surface area contributed by atoms with Gasteiger partial charge in [-0.15, -0.1) is 0 Å². The second kappa shape index (κ2) is 6.44. The Labute approximate surface area is 113 Å². The van der Waals surface area contributed by atoms with Gasteiger partial charge in [0.2, 0.25) is 0 Å². The van der Waals surface area contributed by atoms with Gasteiger partial charge >= 0.3 is 0 Å². The topological polar surface area (TPSA) is 15.3 Å². The first-order valence-corrected chi connectivity index (χ1v) is 7.06. The predicted octanol–water partition coefficient (Wildman–Crippen LogP) is 2.93. The quantitative estimate of drug-likeness (QED) is 0.903. The van der Waals surface area contributed by atoms with E-state index in [1.54, 1.807) is 12.1 Å². The van der Waals surface area contributed by atoms with Crippen LogP contribution in [0, 0.1) is 11.6 Å². The average Bonchev–Trinajstić information content (AvgIpc) is 2.43. The Morgan fingerprint density at radius 3 is 2.74 bits per heavy atom. The smallest absolute Gasteiger partial charge is 0.163 e. The van der Waals surface area contributed by atoms with E-state index in [0.29, 0.717) is 24.2 Å². The summed E-state index contributed by atoms with van der Waals surface area (Å²) in [6, 6.07) is 5.26. The van der Waals surface area contributed by atoms with Crippen LogP contribution in [0.25, 0.3) is 0 Å². The average molecular weight is 268 g/mol. The van der Waals surface area contributed by atoms with E-state index >= 15 is 0 Å². The van der Waals surface area contributed by atoms with Gasteiger partial charge in [0, 0.05) is 37.3 Å². The van der Waals surface area contributed by atoms with Crippen LogP contribution in [0.4, 0.5) is 8.78 Å². The maximum absolute atomic E-state index is 13.7. The van der Waals surface area contributed by atoms with Crippen LogP contribution in [0.1, 0.15) is 32.3 Å². The molecule has 0 bridgehead atoms. The highest BCUT2D eigenvalue weighted by Crippen LogP contribution is 2.19. The third-order valence-electron chi connectivity index (χ3n) is 3.98. The van der Waals surface area contributed by atoms with E-state index < -0.39 is 11.6 Å². The third kappa shape index (κ3) is 3.31. The van der Waals surface area contributed by atoms with Gasteiger partial charge in [0.25, 0.3) is 0 Å². The van der Waals surface area contributed by atoms with Gasteiger partial charge in [-0.05, 0) is 18.9 Å². The Morgan fingerprint density at radius 2 is 2.05 bits per heavy atom. The summed E-state index contributed by atoms with van der Waals surface area (Å²) in [6.07, 6.45) is 2.07. The van der Waals surface area contributed by atoms with E-state index in [-0.39, 0.29) is 0 Å². The number of piperazine rings is 1. The number of rotatable bonds is 4. The van der Waals surface area contributed by atoms with E-state index in [4.69, 9.17) is 0 Å². The fraction of sp³-hybridized carbons (Fsp3) is 0.600. The maximum Gasteiger partial charge on any atom is 0.163 e. The van der Waals surface area contributed by atoms with Crippen LogP contribution in [-0.2, 0) is 6.54 Å². The highest BCUT2D eigenvalue weighted by molar-refractivity contribution is 5.19. The first-order valence-electron chi connectivity index (χ1n) is 7.06. The van der Waals surface area contributed by atoms with Crippen LogP contribution in [0.5, 0.6) is 0 Å². The van der Waals surface area contributed by atoms with E-state index in [2.05, 4.69) is 24.1 Å². The molecule has 0 saturated carbocycles. The molecule has 2 unspecified atom stereocenters. The van der Waals surface area contributed by atoms with Gasteiger partial charge in [0.1, 0.15) is 0 Å². The maximum atomic E-state index is 13.7. The van der Waals surface area contributed by atoms with Gasteiger partial charge in [0.05, 0.1) is 0 Å². The van der Waals surface area contributed by atoms with Crippen LogP contribution in [-0.4, -0.2) is 30.1 Å². The summed E-state index contributed by atoms with van der Waals surface area (Å²) < 4.78 is 27.0. The molecule has 1 aromatic rings. The Morgan fingerprint density at radius 1 is 1.26 bits per heavy atom. The molecule has 4 heteroatoms. The Hall–Kier alpha value is -1.00. The molecule has 0 radical (unpaired) electrons. The molecule has 1 N–H and O–H groups in total. The molecule has 19 heavy (non-hydrogen) atoms. The lowest BCUT2D eigenvalue weighted by Gasteiger charge is -2.40. The Kier molecular flexibility index (Phi) is 4.88. The van der Waals surface area contributed by atoms with Crippen molar-refractivity contribution in [3.05, 3.63) is 35.4 Å². The zero-order chi connectivity index (χ0) is 13.8. The van der Waals surface area contributed by atoms with Crippen LogP contribution < -0.4 is 5.32 Å². The van der Waals surface area contributed by atoms with E-state index in [1.165, 1.54) is 6.07 Å². The van der Waals surface area contributed by atoms with Crippen LogP contribution in [0.3, 0.4) is 0 Å². The van der Waals surface area contributed by atoms with Gasteiger partial charge in [-0.1, -0.05) is 26.0 Å². The summed E-state index contributed by atoms with van der Waals surface area (Å²) in [6.45, 7) is 6.58. The zero-order valence-electron chi connectivity index (χ0n) is 11.6. The molecule has 1 saturated heterocycles. The molecule has 0 amide bonds. The molecule has 1 aromatic carbocycles. The Bertz CT molecular complexity index is 423. The van der Waals surface area contributed by atoms with Crippen LogP contribution >= 0.6 is 0 Å². The van der Waals surface area contributed by atoms with Crippen molar-refractivity contribution in [1.82, 2.24) is 10.2 Å². The van der Waals surface area contributed by atoms with Gasteiger partial charge in [-0.25, -0.2) is 8.78 Å². The lowest BCUT2D eigenvalue weighted by molar-refractivity contribution is 0.116. The zero-order valence-corrected chi connectivity index (χ0v) is 11.6. The molecule has 1 fully saturated rings. The van der Waals surface area contributed by atoms with Crippen molar-refractivity contribution in [2.45, 2.75) is 45.3 Å². The summed E-state index contributed by atoms with van der Waals surface area (Å²) in [5.41, 5.74) is 0.454. The van der Waals surface area contributed by atoms with E-state index in [9.17, 15) is 8.78 Å². The minimum atomic E-state index is -0.757. The van der Waals surface area contributed by atoms with Crippen molar-refractivity contribution in [2.75, 3.05) is 13.1 Å². The molecule has 1 aliphatic heterocycles. The number of nitrogens with one attached hydrogen (secondary N) is 1. The van der Waals surface area contributed by atoms with Crippen molar-refractivity contribution in [2.24, 2.45) is 0 Å². The highest BCUT2D eigenvalue weighted by Gasteiger charge is 2.26. The first-order chi connectivity index (χ1) is 9.15. The summed E-state index contributed by atoms with van der Waals surface area (Å²) in [4.78, 5) is 2.27. The van der Waals surface area contributed by atoms with Crippen LogP contribution in [0.15, 0.2) is 18.2 Å². The molecule has 2 nitrogen and oxygen atoms in total. The largest absolute Gasteiger partial charge is 0.311 e. The molecule has 106 valence electrons. The molecule has 1 aliphatic rings. The molecule has 2 rings (SSSR count). The monoisotopic (exact) mass is 268 g/mol. The number of halogens is 2. The minimum absolute atomic E-state index is 0.394. The molecular formula is C15H22F2N2. The van der Waals surface area contributed by atoms with Gasteiger partial charge in [0.15, 0.2) is 11.6 Å². The Balaban J connectivity index is 2.12. The normalized spacial score (nSPS) is 24.6. The van der Waals surface area contributed by atoms with Crippen molar-refractivity contribution in [3.8, 4) is 0 Å². The van der Waals surface area contributed by atoms with Gasteiger partial charge in [-0.3, -0.25) is 4.90 Å². The van der Waals surface area contributed by atoms with Crippen LogP contribution in [0.2, 0.25) is 0 Å². The predicted molar refractivity (Wildman–Crippen MR) is 72.9 cm³/mol. The first kappa shape index (κ1) is 14.4. The SMILES string of the molecule is CCC1CN(Cc2cccc(F)c2F)C(CC)CN1. The van der Waals surface area contributed by atoms with Gasteiger partial charge < -0.3 is 5.32 Å². The summed E-state index contributed by atoms with van der Waals surface area (Å²) in [5, 5.41) is 3.50. The second-order valence-electron chi connectivity index (χ2n) is 5.22. The number of hydrogen-bond acceptors (Lipinski definition) is 2. The highest BCUT2D eigenvalue weighted by atomic mass is 19.2. The number of hydrogen-bond donors (Lipinski definition) is 1.